The predicted octanol–water partition coefficient (Wildman–Crippen LogP) is 1.34. The molecule has 0 aliphatic carbocycles. The van der Waals surface area contributed by atoms with Gasteiger partial charge in [0.25, 0.3) is 0 Å². The molecule has 0 unspecified atom stereocenters. The summed E-state index contributed by atoms with van der Waals surface area (Å²) in [5.41, 5.74) is 0. The van der Waals surface area contributed by atoms with Crippen LogP contribution in [-0.4, -0.2) is 68.8 Å². The van der Waals surface area contributed by atoms with E-state index >= 15 is 0 Å². The van der Waals surface area contributed by atoms with Gasteiger partial charge in [-0.1, -0.05) is 0 Å². The minimum Gasteiger partial charge on any atom is -0.381 e. The van der Waals surface area contributed by atoms with Gasteiger partial charge in [-0.2, -0.15) is 0 Å². The van der Waals surface area contributed by atoms with E-state index in [-0.39, 0.29) is 5.78 Å². The van der Waals surface area contributed by atoms with Gasteiger partial charge >= 0.3 is 0 Å². The fourth-order valence-corrected chi connectivity index (χ4v) is 1.29. The van der Waals surface area contributed by atoms with Crippen LogP contribution in [0.3, 0.4) is 0 Å². The summed E-state index contributed by atoms with van der Waals surface area (Å²) in [6.07, 6.45) is 5.12. The van der Waals surface area contributed by atoms with E-state index in [1.54, 1.807) is 19.0 Å². The summed E-state index contributed by atoms with van der Waals surface area (Å²) < 4.78 is 4.94. The molecule has 0 spiro atoms. The van der Waals surface area contributed by atoms with Crippen molar-refractivity contribution in [1.29, 1.82) is 0 Å². The third kappa shape index (κ3) is 21.0. The summed E-state index contributed by atoms with van der Waals surface area (Å²) in [5, 5.41) is 0. The predicted molar refractivity (Wildman–Crippen MR) is 83.0 cm³/mol. The first-order valence-electron chi connectivity index (χ1n) is 7.21. The Hall–Kier alpha value is -1.43. The number of carbonyl (C=O) groups excluding carboxylic acids is 3. The molecule has 2 saturated heterocycles. The maximum absolute atomic E-state index is 10.5. The van der Waals surface area contributed by atoms with Crippen LogP contribution in [-0.2, 0) is 19.1 Å². The monoisotopic (exact) mass is 302 g/mol. The van der Waals surface area contributed by atoms with Gasteiger partial charge in [0.05, 0.1) is 0 Å². The van der Waals surface area contributed by atoms with E-state index in [1.165, 1.54) is 31.6 Å². The van der Waals surface area contributed by atoms with Gasteiger partial charge in [0.15, 0.2) is 0 Å². The molecular weight excluding hydrogens is 272 g/mol. The van der Waals surface area contributed by atoms with Crippen molar-refractivity contribution >= 4 is 18.1 Å². The molecule has 2 rings (SSSR count). The molecule has 2 aliphatic rings. The lowest BCUT2D eigenvalue weighted by Crippen LogP contribution is -2.17. The smallest absolute Gasteiger partial charge is 0.222 e. The average molecular weight is 302 g/mol. The van der Waals surface area contributed by atoms with Crippen molar-refractivity contribution in [2.45, 2.75) is 39.5 Å². The van der Waals surface area contributed by atoms with Gasteiger partial charge in [-0.3, -0.25) is 9.59 Å². The summed E-state index contributed by atoms with van der Waals surface area (Å²) in [7, 11) is 5.22. The molecule has 2 aliphatic heterocycles. The van der Waals surface area contributed by atoms with Crippen molar-refractivity contribution in [3.63, 3.8) is 0 Å². The largest absolute Gasteiger partial charge is 0.381 e. The van der Waals surface area contributed by atoms with Crippen molar-refractivity contribution < 1.29 is 19.1 Å². The van der Waals surface area contributed by atoms with E-state index in [0.29, 0.717) is 5.91 Å². The third-order valence-electron chi connectivity index (χ3n) is 2.35. The van der Waals surface area contributed by atoms with Crippen LogP contribution in [0.4, 0.5) is 0 Å². The van der Waals surface area contributed by atoms with Gasteiger partial charge < -0.3 is 19.3 Å². The number of ketones is 1. The summed E-state index contributed by atoms with van der Waals surface area (Å²) in [4.78, 5) is 32.6. The lowest BCUT2D eigenvalue weighted by atomic mass is 10.4. The zero-order valence-electron chi connectivity index (χ0n) is 14.1. The number of likely N-dealkylation sites (tertiary alicyclic amines) is 1. The molecule has 0 bridgehead atoms. The molecule has 0 aromatic rings. The molecule has 6 nitrogen and oxygen atoms in total. The van der Waals surface area contributed by atoms with Crippen molar-refractivity contribution in [3.8, 4) is 0 Å². The Bertz CT molecular complexity index is 278. The number of nitrogens with zero attached hydrogens (tertiary/aromatic N) is 2. The van der Waals surface area contributed by atoms with Crippen LogP contribution >= 0.6 is 0 Å². The van der Waals surface area contributed by atoms with Gasteiger partial charge in [-0.05, 0) is 33.1 Å². The number of ether oxygens (including phenoxy) is 1. The minimum atomic E-state index is 0.167. The summed E-state index contributed by atoms with van der Waals surface area (Å²) in [5.74, 6) is 0.458. The van der Waals surface area contributed by atoms with Gasteiger partial charge in [-0.15, -0.1) is 0 Å². The van der Waals surface area contributed by atoms with Crippen molar-refractivity contribution in [2.75, 3.05) is 40.9 Å². The highest BCUT2D eigenvalue weighted by molar-refractivity contribution is 5.77. The van der Waals surface area contributed by atoms with Crippen LogP contribution in [0, 0.1) is 0 Å². The maximum atomic E-state index is 10.5. The highest BCUT2D eigenvalue weighted by atomic mass is 16.5. The molecule has 0 aromatic heterocycles. The molecule has 124 valence electrons. The first kappa shape index (κ1) is 21.9. The van der Waals surface area contributed by atoms with Crippen LogP contribution < -0.4 is 0 Å². The quantitative estimate of drug-likeness (QED) is 0.685. The van der Waals surface area contributed by atoms with Gasteiger partial charge in [0.2, 0.25) is 12.3 Å². The van der Waals surface area contributed by atoms with Gasteiger partial charge in [0, 0.05) is 47.3 Å². The Labute approximate surface area is 128 Å². The van der Waals surface area contributed by atoms with Crippen LogP contribution in [0.2, 0.25) is 0 Å². The molecule has 21 heavy (non-hydrogen) atoms. The Kier molecular flexibility index (Phi) is 15.6. The number of hydrogen-bond donors (Lipinski definition) is 0. The molecule has 0 atom stereocenters. The second-order valence-corrected chi connectivity index (χ2v) is 5.22. The van der Waals surface area contributed by atoms with E-state index in [2.05, 4.69) is 0 Å². The van der Waals surface area contributed by atoms with Crippen LogP contribution in [0.25, 0.3) is 0 Å². The number of carbonyl (C=O) groups is 3. The molecule has 0 radical (unpaired) electrons. The average Bonchev–Trinajstić information content (AvgIpc) is 3.06. The van der Waals surface area contributed by atoms with Crippen molar-refractivity contribution in [2.24, 2.45) is 0 Å². The lowest BCUT2D eigenvalue weighted by Gasteiger charge is -2.03. The fraction of sp³-hybridized carbons (Fsp3) is 0.800. The fourth-order valence-electron chi connectivity index (χ4n) is 1.29. The van der Waals surface area contributed by atoms with E-state index in [4.69, 9.17) is 4.74 Å². The van der Waals surface area contributed by atoms with E-state index in [9.17, 15) is 14.4 Å². The molecular formula is C15H30N2O4. The van der Waals surface area contributed by atoms with E-state index < -0.39 is 0 Å². The Morgan fingerprint density at radius 3 is 1.71 bits per heavy atom. The SMILES string of the molecule is C1CCOC1.CC(C)=O.CN(C)C=O.CN1CCCC1=O. The summed E-state index contributed by atoms with van der Waals surface area (Å²) in [6, 6.07) is 0. The molecule has 0 saturated carbocycles. The lowest BCUT2D eigenvalue weighted by molar-refractivity contribution is -0.126. The van der Waals surface area contributed by atoms with E-state index in [0.717, 1.165) is 39.0 Å². The van der Waals surface area contributed by atoms with Crippen LogP contribution in [0.1, 0.15) is 39.5 Å². The van der Waals surface area contributed by atoms with Crippen molar-refractivity contribution in [3.05, 3.63) is 0 Å². The number of Topliss-reactive ketones (excluding diaryl/α,β-unsaturated/α-hetero) is 1. The zero-order chi connectivity index (χ0) is 16.7. The normalized spacial score (nSPS) is 15.7. The first-order valence-corrected chi connectivity index (χ1v) is 7.21. The standard InChI is InChI=1S/C5H9NO.C4H8O.C3H7NO.C3H6O/c1-6-4-2-3-5(6)7;1-2-4-5-3-1;1-4(2)3-5;1-3(2)4/h2-4H2,1H3;1-4H2;3H,1-2H3;1-2H3. The van der Waals surface area contributed by atoms with Crippen LogP contribution in [0.15, 0.2) is 0 Å². The van der Waals surface area contributed by atoms with E-state index in [1.807, 2.05) is 7.05 Å². The summed E-state index contributed by atoms with van der Waals surface area (Å²) in [6.45, 7) is 6.01. The maximum Gasteiger partial charge on any atom is 0.222 e. The summed E-state index contributed by atoms with van der Waals surface area (Å²) >= 11 is 0. The topological polar surface area (TPSA) is 66.9 Å². The Balaban J connectivity index is 0. The van der Waals surface area contributed by atoms with Gasteiger partial charge in [0.1, 0.15) is 5.78 Å². The molecule has 2 fully saturated rings. The Morgan fingerprint density at radius 1 is 1.19 bits per heavy atom. The van der Waals surface area contributed by atoms with Crippen LogP contribution in [0.5, 0.6) is 0 Å². The minimum absolute atomic E-state index is 0.167. The molecule has 2 amide bonds. The number of rotatable bonds is 1. The highest BCUT2D eigenvalue weighted by Crippen LogP contribution is 2.04. The number of hydrogen-bond acceptors (Lipinski definition) is 4. The molecule has 0 N–H and O–H groups in total. The third-order valence-corrected chi connectivity index (χ3v) is 2.35. The number of amides is 2. The van der Waals surface area contributed by atoms with Gasteiger partial charge in [-0.25, -0.2) is 0 Å². The Morgan fingerprint density at radius 2 is 1.62 bits per heavy atom. The molecule has 0 aromatic carbocycles. The van der Waals surface area contributed by atoms with Crippen molar-refractivity contribution in [1.82, 2.24) is 9.80 Å². The second-order valence-electron chi connectivity index (χ2n) is 5.22. The second kappa shape index (κ2) is 15.0. The molecule has 2 heterocycles. The molecule has 6 heteroatoms. The zero-order valence-corrected chi connectivity index (χ0v) is 14.1. The highest BCUT2D eigenvalue weighted by Gasteiger charge is 2.14. The first-order chi connectivity index (χ1) is 9.81.